The van der Waals surface area contributed by atoms with Gasteiger partial charge in [0.2, 0.25) is 0 Å². The van der Waals surface area contributed by atoms with Crippen LogP contribution in [-0.4, -0.2) is 19.7 Å². The van der Waals surface area contributed by atoms with E-state index in [9.17, 15) is 4.79 Å². The van der Waals surface area contributed by atoms with E-state index < -0.39 is 0 Å². The van der Waals surface area contributed by atoms with E-state index in [1.165, 1.54) is 5.56 Å². The molecule has 0 aromatic heterocycles. The molecule has 0 fully saturated rings. The number of rotatable bonds is 7. The summed E-state index contributed by atoms with van der Waals surface area (Å²) in [5, 5.41) is 0. The molecule has 2 rings (SSSR count). The van der Waals surface area contributed by atoms with Crippen LogP contribution in [0.25, 0.3) is 0 Å². The van der Waals surface area contributed by atoms with E-state index in [-0.39, 0.29) is 5.97 Å². The summed E-state index contributed by atoms with van der Waals surface area (Å²) in [5.41, 5.74) is 2.71. The van der Waals surface area contributed by atoms with Crippen LogP contribution in [0.3, 0.4) is 0 Å². The second-order valence-corrected chi connectivity index (χ2v) is 5.28. The van der Waals surface area contributed by atoms with Crippen LogP contribution in [0.2, 0.25) is 0 Å². The summed E-state index contributed by atoms with van der Waals surface area (Å²) in [5.74, 6) is 0.762. The van der Waals surface area contributed by atoms with E-state index in [0.29, 0.717) is 30.3 Å². The molecule has 4 heteroatoms. The molecular weight excluding hydrogens is 292 g/mol. The maximum absolute atomic E-state index is 11.9. The van der Waals surface area contributed by atoms with Crippen LogP contribution in [0.15, 0.2) is 42.5 Å². The number of ether oxygens (including phenoxy) is 3. The van der Waals surface area contributed by atoms with Crippen LogP contribution < -0.4 is 9.47 Å². The summed E-state index contributed by atoms with van der Waals surface area (Å²) in [6.45, 7) is 4.81. The van der Waals surface area contributed by atoms with Crippen molar-refractivity contribution in [1.82, 2.24) is 0 Å². The largest absolute Gasteiger partial charge is 0.493 e. The Bertz CT molecular complexity index is 647. The van der Waals surface area contributed by atoms with Gasteiger partial charge in [-0.3, -0.25) is 0 Å². The van der Waals surface area contributed by atoms with Gasteiger partial charge in [0, 0.05) is 0 Å². The van der Waals surface area contributed by atoms with Gasteiger partial charge in [-0.05, 0) is 37.1 Å². The molecule has 122 valence electrons. The van der Waals surface area contributed by atoms with E-state index in [2.05, 4.69) is 0 Å². The van der Waals surface area contributed by atoms with Crippen molar-refractivity contribution in [3.63, 3.8) is 0 Å². The molecule has 0 saturated heterocycles. The first kappa shape index (κ1) is 16.9. The number of hydrogen-bond acceptors (Lipinski definition) is 4. The Labute approximate surface area is 137 Å². The second kappa shape index (κ2) is 8.22. The third-order valence-electron chi connectivity index (χ3n) is 3.35. The van der Waals surface area contributed by atoms with Crippen LogP contribution in [0.1, 0.15) is 34.8 Å². The van der Waals surface area contributed by atoms with Crippen molar-refractivity contribution in [2.24, 2.45) is 0 Å². The summed E-state index contributed by atoms with van der Waals surface area (Å²) in [6, 6.07) is 13.2. The van der Waals surface area contributed by atoms with Crippen LogP contribution in [0.5, 0.6) is 11.5 Å². The highest BCUT2D eigenvalue weighted by molar-refractivity contribution is 5.90. The molecule has 0 aliphatic carbocycles. The molecule has 0 N–H and O–H groups in total. The predicted octanol–water partition coefficient (Wildman–Crippen LogP) is 4.15. The van der Waals surface area contributed by atoms with Crippen LogP contribution in [-0.2, 0) is 11.3 Å². The minimum atomic E-state index is -0.352. The summed E-state index contributed by atoms with van der Waals surface area (Å²) in [4.78, 5) is 11.9. The molecule has 0 radical (unpaired) electrons. The normalized spacial score (nSPS) is 10.2. The number of hydrogen-bond donors (Lipinski definition) is 0. The molecule has 23 heavy (non-hydrogen) atoms. The van der Waals surface area contributed by atoms with Gasteiger partial charge in [-0.2, -0.15) is 0 Å². The van der Waals surface area contributed by atoms with E-state index >= 15 is 0 Å². The molecule has 0 aliphatic rings. The summed E-state index contributed by atoms with van der Waals surface area (Å²) in [7, 11) is 1.57. The van der Waals surface area contributed by atoms with Crippen molar-refractivity contribution in [2.45, 2.75) is 26.9 Å². The van der Waals surface area contributed by atoms with Crippen molar-refractivity contribution in [3.8, 4) is 11.5 Å². The molecule has 0 heterocycles. The number of carbonyl (C=O) groups excluding carboxylic acids is 1. The van der Waals surface area contributed by atoms with Crippen molar-refractivity contribution in [1.29, 1.82) is 0 Å². The first-order valence-corrected chi connectivity index (χ1v) is 7.67. The Balaban J connectivity index is 2.12. The van der Waals surface area contributed by atoms with Gasteiger partial charge < -0.3 is 14.2 Å². The molecule has 4 nitrogen and oxygen atoms in total. The third kappa shape index (κ3) is 4.74. The van der Waals surface area contributed by atoms with Crippen molar-refractivity contribution in [3.05, 3.63) is 59.2 Å². The molecule has 0 atom stereocenters. The predicted molar refractivity (Wildman–Crippen MR) is 89.1 cm³/mol. The van der Waals surface area contributed by atoms with Gasteiger partial charge >= 0.3 is 5.97 Å². The number of carbonyl (C=O) groups is 1. The molecule has 2 aromatic carbocycles. The zero-order valence-electron chi connectivity index (χ0n) is 13.8. The van der Waals surface area contributed by atoms with Crippen molar-refractivity contribution in [2.75, 3.05) is 13.7 Å². The standard InChI is InChI=1S/C19H22O4/c1-4-11-22-19(20)16-9-10-17(21-3)18(12-16)23-13-15-7-5-14(2)6-8-15/h5-10,12H,4,11,13H2,1-3H3. The van der Waals surface area contributed by atoms with Gasteiger partial charge in [-0.15, -0.1) is 0 Å². The van der Waals surface area contributed by atoms with Gasteiger partial charge in [0.1, 0.15) is 6.61 Å². The van der Waals surface area contributed by atoms with Crippen LogP contribution in [0, 0.1) is 6.92 Å². The van der Waals surface area contributed by atoms with Gasteiger partial charge in [-0.1, -0.05) is 36.8 Å². The highest BCUT2D eigenvalue weighted by Crippen LogP contribution is 2.29. The van der Waals surface area contributed by atoms with E-state index in [4.69, 9.17) is 14.2 Å². The minimum Gasteiger partial charge on any atom is -0.493 e. The third-order valence-corrected chi connectivity index (χ3v) is 3.35. The topological polar surface area (TPSA) is 44.8 Å². The highest BCUT2D eigenvalue weighted by atomic mass is 16.5. The molecule has 0 unspecified atom stereocenters. The van der Waals surface area contributed by atoms with Gasteiger partial charge in [-0.25, -0.2) is 4.79 Å². The zero-order valence-corrected chi connectivity index (χ0v) is 13.8. The lowest BCUT2D eigenvalue weighted by atomic mass is 10.1. The minimum absolute atomic E-state index is 0.352. The first-order chi connectivity index (χ1) is 11.1. The van der Waals surface area contributed by atoms with Crippen LogP contribution in [0.4, 0.5) is 0 Å². The first-order valence-electron chi connectivity index (χ1n) is 7.67. The lowest BCUT2D eigenvalue weighted by Gasteiger charge is -2.12. The van der Waals surface area contributed by atoms with E-state index in [1.807, 2.05) is 38.1 Å². The molecular formula is C19H22O4. The number of aryl methyl sites for hydroxylation is 1. The lowest BCUT2D eigenvalue weighted by molar-refractivity contribution is 0.0504. The summed E-state index contributed by atoms with van der Waals surface area (Å²) >= 11 is 0. The molecule has 0 bridgehead atoms. The Hall–Kier alpha value is -2.49. The average molecular weight is 314 g/mol. The smallest absolute Gasteiger partial charge is 0.338 e. The van der Waals surface area contributed by atoms with E-state index in [1.54, 1.807) is 25.3 Å². The molecule has 0 amide bonds. The molecule has 0 aliphatic heterocycles. The Morgan fingerprint density at radius 1 is 1.04 bits per heavy atom. The van der Waals surface area contributed by atoms with Gasteiger partial charge in [0.15, 0.2) is 11.5 Å². The fourth-order valence-electron chi connectivity index (χ4n) is 2.04. The zero-order chi connectivity index (χ0) is 16.7. The quantitative estimate of drug-likeness (QED) is 0.720. The average Bonchev–Trinajstić information content (AvgIpc) is 2.58. The van der Waals surface area contributed by atoms with Crippen LogP contribution >= 0.6 is 0 Å². The lowest BCUT2D eigenvalue weighted by Crippen LogP contribution is -2.07. The fraction of sp³-hybridized carbons (Fsp3) is 0.316. The summed E-state index contributed by atoms with van der Waals surface area (Å²) in [6.07, 6.45) is 0.790. The fourth-order valence-corrected chi connectivity index (χ4v) is 2.04. The highest BCUT2D eigenvalue weighted by Gasteiger charge is 2.12. The molecule has 2 aromatic rings. The van der Waals surface area contributed by atoms with Gasteiger partial charge in [0.25, 0.3) is 0 Å². The number of methoxy groups -OCH3 is 1. The maximum Gasteiger partial charge on any atom is 0.338 e. The van der Waals surface area contributed by atoms with Crippen molar-refractivity contribution >= 4 is 5.97 Å². The Kier molecular flexibility index (Phi) is 6.03. The number of esters is 1. The molecule has 0 spiro atoms. The maximum atomic E-state index is 11.9. The molecule has 0 saturated carbocycles. The Morgan fingerprint density at radius 2 is 1.78 bits per heavy atom. The SMILES string of the molecule is CCCOC(=O)c1ccc(OC)c(OCc2ccc(C)cc2)c1. The Morgan fingerprint density at radius 3 is 2.43 bits per heavy atom. The second-order valence-electron chi connectivity index (χ2n) is 5.28. The summed E-state index contributed by atoms with van der Waals surface area (Å²) < 4.78 is 16.3. The number of benzene rings is 2. The van der Waals surface area contributed by atoms with Crippen molar-refractivity contribution < 1.29 is 19.0 Å². The van der Waals surface area contributed by atoms with Gasteiger partial charge in [0.05, 0.1) is 19.3 Å². The monoisotopic (exact) mass is 314 g/mol. The van der Waals surface area contributed by atoms with E-state index in [0.717, 1.165) is 12.0 Å².